The lowest BCUT2D eigenvalue weighted by molar-refractivity contribution is 0.0981. The Balaban J connectivity index is 1.77. The summed E-state index contributed by atoms with van der Waals surface area (Å²) in [5.74, 6) is -0.269. The molecule has 0 unspecified atom stereocenters. The fourth-order valence-corrected chi connectivity index (χ4v) is 4.62. The number of anilines is 2. The zero-order valence-electron chi connectivity index (χ0n) is 20.3. The van der Waals surface area contributed by atoms with Crippen LogP contribution in [0.3, 0.4) is 0 Å². The van der Waals surface area contributed by atoms with Crippen LogP contribution in [0.2, 0.25) is 0 Å². The first-order chi connectivity index (χ1) is 18.0. The summed E-state index contributed by atoms with van der Waals surface area (Å²) in [5.41, 5.74) is 0.773. The molecule has 200 valence electrons. The number of rotatable bonds is 6. The zero-order chi connectivity index (χ0) is 27.4. The first-order valence-electron chi connectivity index (χ1n) is 11.3. The predicted octanol–water partition coefficient (Wildman–Crippen LogP) is 3.83. The Morgan fingerprint density at radius 2 is 1.82 bits per heavy atom. The number of halogens is 3. The monoisotopic (exact) mass is 548 g/mol. The summed E-state index contributed by atoms with van der Waals surface area (Å²) in [4.78, 5) is 27.0. The maximum Gasteiger partial charge on any atom is 0.323 e. The van der Waals surface area contributed by atoms with Gasteiger partial charge in [0.2, 0.25) is 5.95 Å². The first kappa shape index (κ1) is 27.0. The van der Waals surface area contributed by atoms with Crippen LogP contribution in [-0.2, 0) is 14.6 Å². The second-order valence-corrected chi connectivity index (χ2v) is 10.4. The van der Waals surface area contributed by atoms with Gasteiger partial charge in [-0.1, -0.05) is 0 Å². The number of hydrogen-bond acceptors (Lipinski definition) is 8. The Morgan fingerprint density at radius 1 is 1.11 bits per heavy atom. The van der Waals surface area contributed by atoms with Crippen LogP contribution < -0.4 is 15.5 Å². The Morgan fingerprint density at radius 3 is 2.47 bits per heavy atom. The van der Waals surface area contributed by atoms with Crippen molar-refractivity contribution in [3.63, 3.8) is 0 Å². The molecule has 0 radical (unpaired) electrons. The van der Waals surface area contributed by atoms with Gasteiger partial charge in [-0.3, -0.25) is 0 Å². The molecule has 0 bridgehead atoms. The quantitative estimate of drug-likeness (QED) is 0.445. The highest BCUT2D eigenvalue weighted by molar-refractivity contribution is 7.90. The van der Waals surface area contributed by atoms with Crippen molar-refractivity contribution >= 4 is 27.5 Å². The van der Waals surface area contributed by atoms with Crippen molar-refractivity contribution in [3.05, 3.63) is 60.6 Å². The van der Waals surface area contributed by atoms with Gasteiger partial charge in [0.15, 0.2) is 21.5 Å². The molecular formula is C24H23F3N6O4S. The number of urea groups is 1. The molecule has 4 rings (SSSR count). The molecule has 1 aliphatic rings. The van der Waals surface area contributed by atoms with Gasteiger partial charge in [-0.05, 0) is 49.4 Å². The molecule has 38 heavy (non-hydrogen) atoms. The summed E-state index contributed by atoms with van der Waals surface area (Å²) in [7, 11) is -3.75. The maximum atomic E-state index is 14.2. The van der Waals surface area contributed by atoms with Crippen molar-refractivity contribution in [2.24, 2.45) is 0 Å². The van der Waals surface area contributed by atoms with Crippen LogP contribution in [0.5, 0.6) is 0 Å². The van der Waals surface area contributed by atoms with Crippen LogP contribution in [0.4, 0.5) is 29.6 Å². The van der Waals surface area contributed by atoms with Gasteiger partial charge in [-0.15, -0.1) is 0 Å². The van der Waals surface area contributed by atoms with Gasteiger partial charge in [0, 0.05) is 29.6 Å². The van der Waals surface area contributed by atoms with Crippen LogP contribution in [-0.4, -0.2) is 61.5 Å². The number of sulfone groups is 1. The van der Waals surface area contributed by atoms with E-state index in [1.807, 2.05) is 17.1 Å². The van der Waals surface area contributed by atoms with Gasteiger partial charge in [0.25, 0.3) is 6.08 Å². The van der Waals surface area contributed by atoms with Crippen LogP contribution in [0.15, 0.2) is 59.6 Å². The number of carbonyl (C=O) groups excluding carboxylic acids is 1. The van der Waals surface area contributed by atoms with Crippen molar-refractivity contribution in [2.45, 2.75) is 17.9 Å². The van der Waals surface area contributed by atoms with Gasteiger partial charge in [0.05, 0.1) is 30.4 Å². The maximum absolute atomic E-state index is 14.2. The molecule has 1 atom stereocenters. The van der Waals surface area contributed by atoms with Crippen molar-refractivity contribution in [1.82, 2.24) is 20.3 Å². The summed E-state index contributed by atoms with van der Waals surface area (Å²) in [6.07, 6.45) is -0.776. The lowest BCUT2D eigenvalue weighted by atomic mass is 10.1. The Bertz CT molecular complexity index is 1480. The number of aromatic nitrogens is 3. The highest BCUT2D eigenvalue weighted by Crippen LogP contribution is 2.30. The molecule has 2 heterocycles. The Hall–Kier alpha value is -4.04. The van der Waals surface area contributed by atoms with Crippen LogP contribution in [0, 0.1) is 5.82 Å². The smallest absolute Gasteiger partial charge is 0.323 e. The van der Waals surface area contributed by atoms with E-state index in [1.165, 1.54) is 12.1 Å². The van der Waals surface area contributed by atoms with E-state index in [9.17, 15) is 26.4 Å². The van der Waals surface area contributed by atoms with Crippen molar-refractivity contribution in [3.8, 4) is 22.8 Å². The average molecular weight is 549 g/mol. The molecule has 0 saturated carbocycles. The van der Waals surface area contributed by atoms with Gasteiger partial charge in [-0.25, -0.2) is 22.6 Å². The minimum absolute atomic E-state index is 0.0126. The lowest BCUT2D eigenvalue weighted by Gasteiger charge is -2.33. The highest BCUT2D eigenvalue weighted by atomic mass is 32.2. The molecule has 1 aliphatic heterocycles. The number of hydrogen-bond donors (Lipinski definition) is 2. The first-order valence-corrected chi connectivity index (χ1v) is 13.2. The number of nitrogens with one attached hydrogen (secondary N) is 2. The summed E-state index contributed by atoms with van der Waals surface area (Å²) in [6, 6.07) is 8.49. The van der Waals surface area contributed by atoms with Crippen LogP contribution in [0.25, 0.3) is 22.8 Å². The summed E-state index contributed by atoms with van der Waals surface area (Å²) in [5, 5.41) is 4.28. The Labute approximate surface area is 216 Å². The molecule has 2 amide bonds. The molecule has 2 N–H and O–H groups in total. The van der Waals surface area contributed by atoms with E-state index in [0.29, 0.717) is 31.0 Å². The van der Waals surface area contributed by atoms with E-state index < -0.39 is 27.8 Å². The van der Waals surface area contributed by atoms with E-state index >= 15 is 0 Å². The number of nitrogens with zero attached hydrogens (tertiary/aromatic N) is 4. The molecule has 14 heteroatoms. The third-order valence-electron chi connectivity index (χ3n) is 5.54. The Kier molecular flexibility index (Phi) is 7.92. The second-order valence-electron chi connectivity index (χ2n) is 8.42. The van der Waals surface area contributed by atoms with E-state index in [0.717, 1.165) is 24.5 Å². The van der Waals surface area contributed by atoms with Crippen molar-refractivity contribution in [2.75, 3.05) is 36.2 Å². The minimum atomic E-state index is -3.75. The van der Waals surface area contributed by atoms with E-state index in [1.54, 1.807) is 12.1 Å². The number of amides is 2. The minimum Gasteiger partial charge on any atom is -0.377 e. The topological polar surface area (TPSA) is 126 Å². The number of carbonyl (C=O) groups is 1. The summed E-state index contributed by atoms with van der Waals surface area (Å²) < 4.78 is 68.9. The number of benzene rings is 2. The van der Waals surface area contributed by atoms with Gasteiger partial charge >= 0.3 is 6.03 Å². The third-order valence-corrected chi connectivity index (χ3v) is 6.70. The fourth-order valence-electron chi connectivity index (χ4n) is 3.76. The third kappa shape index (κ3) is 6.44. The van der Waals surface area contributed by atoms with Crippen molar-refractivity contribution in [1.29, 1.82) is 0 Å². The number of morpholine rings is 1. The van der Waals surface area contributed by atoms with Gasteiger partial charge in [-0.2, -0.15) is 18.7 Å². The van der Waals surface area contributed by atoms with Crippen molar-refractivity contribution < 1.29 is 31.1 Å². The van der Waals surface area contributed by atoms with Gasteiger partial charge in [0.1, 0.15) is 5.82 Å². The fraction of sp³-hybridized carbons (Fsp3) is 0.250. The molecular weight excluding hydrogens is 525 g/mol. The molecule has 3 aromatic rings. The molecule has 10 nitrogen and oxygen atoms in total. The lowest BCUT2D eigenvalue weighted by Crippen LogP contribution is -2.44. The summed E-state index contributed by atoms with van der Waals surface area (Å²) in [6.45, 7) is 3.24. The summed E-state index contributed by atoms with van der Waals surface area (Å²) >= 11 is 0. The van der Waals surface area contributed by atoms with Crippen LogP contribution >= 0.6 is 0 Å². The van der Waals surface area contributed by atoms with Crippen LogP contribution in [0.1, 0.15) is 6.92 Å². The molecule has 2 aromatic carbocycles. The molecule has 1 fully saturated rings. The molecule has 0 spiro atoms. The molecule has 1 saturated heterocycles. The average Bonchev–Trinajstić information content (AvgIpc) is 2.87. The zero-order valence-corrected chi connectivity index (χ0v) is 21.1. The number of ether oxygens (including phenoxy) is 1. The SMILES string of the molecule is C[C@H]1COCCN1c1nc(-c2ccc(NC(=O)NC=C(F)F)cc2)nc(-c2cc(F)ccc2S(C)(=O)=O)n1. The largest absolute Gasteiger partial charge is 0.377 e. The van der Waals surface area contributed by atoms with Gasteiger partial charge < -0.3 is 20.3 Å². The molecule has 1 aromatic heterocycles. The highest BCUT2D eigenvalue weighted by Gasteiger charge is 2.25. The predicted molar refractivity (Wildman–Crippen MR) is 134 cm³/mol. The van der Waals surface area contributed by atoms with E-state index in [-0.39, 0.29) is 40.3 Å². The standard InChI is InChI=1S/C24H23F3N6O4S/c1-14-13-37-10-9-33(14)23-31-21(15-3-6-17(7-4-15)29-24(34)28-12-20(26)27)30-22(32-23)18-11-16(25)5-8-19(18)38(2,35)36/h3-8,11-12,14H,9-10,13H2,1-2H3,(H2,28,29,34)/t14-/m0/s1. The van der Waals surface area contributed by atoms with E-state index in [2.05, 4.69) is 20.3 Å². The second kappa shape index (κ2) is 11.1. The normalized spacial score (nSPS) is 15.6. The molecule has 0 aliphatic carbocycles. The van der Waals surface area contributed by atoms with E-state index in [4.69, 9.17) is 4.74 Å².